The third kappa shape index (κ3) is 2.09. The van der Waals surface area contributed by atoms with Crippen LogP contribution in [0, 0.1) is 0 Å². The summed E-state index contributed by atoms with van der Waals surface area (Å²) in [6, 6.07) is 0.413. The molecule has 1 atom stereocenters. The van der Waals surface area contributed by atoms with Crippen LogP contribution in [-0.2, 0) is 4.74 Å². The lowest BCUT2D eigenvalue weighted by Crippen LogP contribution is -2.22. The van der Waals surface area contributed by atoms with Crippen molar-refractivity contribution in [1.29, 1.82) is 0 Å². The van der Waals surface area contributed by atoms with Gasteiger partial charge in [-0.1, -0.05) is 6.08 Å². The molecule has 1 rings (SSSR count). The average Bonchev–Trinajstić information content (AvgIpc) is 2.37. The third-order valence-corrected chi connectivity index (χ3v) is 1.70. The fraction of sp³-hybridized carbons (Fsp3) is 0.556. The Morgan fingerprint density at radius 2 is 2.27 bits per heavy atom. The molecule has 0 saturated heterocycles. The molecule has 11 heavy (non-hydrogen) atoms. The highest BCUT2D eigenvalue weighted by Crippen LogP contribution is 2.13. The van der Waals surface area contributed by atoms with Gasteiger partial charge in [0.05, 0.1) is 6.61 Å². The molecule has 0 aromatic heterocycles. The van der Waals surface area contributed by atoms with E-state index < -0.39 is 0 Å². The van der Waals surface area contributed by atoms with Crippen molar-refractivity contribution in [1.82, 2.24) is 4.90 Å². The number of likely N-dealkylation sites (N-methyl/N-ethyl adjacent to an activating group) is 1. The van der Waals surface area contributed by atoms with E-state index in [-0.39, 0.29) is 0 Å². The van der Waals surface area contributed by atoms with E-state index in [1.807, 2.05) is 13.0 Å². The van der Waals surface area contributed by atoms with E-state index >= 15 is 0 Å². The lowest BCUT2D eigenvalue weighted by Gasteiger charge is -2.13. The van der Waals surface area contributed by atoms with Crippen molar-refractivity contribution in [3.05, 3.63) is 24.0 Å². The number of hydrogen-bond acceptors (Lipinski definition) is 2. The SMILES string of the molecule is CCOC1=CC(N(C)C)C=C1. The highest BCUT2D eigenvalue weighted by molar-refractivity contribution is 5.27. The maximum atomic E-state index is 5.33. The molecule has 2 nitrogen and oxygen atoms in total. The van der Waals surface area contributed by atoms with Gasteiger partial charge in [0.15, 0.2) is 0 Å². The first kappa shape index (κ1) is 8.34. The first-order valence-corrected chi connectivity index (χ1v) is 3.93. The molecule has 62 valence electrons. The summed E-state index contributed by atoms with van der Waals surface area (Å²) >= 11 is 0. The molecule has 0 amide bonds. The molecule has 1 aliphatic rings. The van der Waals surface area contributed by atoms with E-state index in [2.05, 4.69) is 31.1 Å². The smallest absolute Gasteiger partial charge is 0.116 e. The Hall–Kier alpha value is -0.760. The summed E-state index contributed by atoms with van der Waals surface area (Å²) in [5.41, 5.74) is 0. The number of allylic oxidation sites excluding steroid dienone is 1. The minimum Gasteiger partial charge on any atom is -0.494 e. The zero-order valence-corrected chi connectivity index (χ0v) is 7.37. The van der Waals surface area contributed by atoms with E-state index in [9.17, 15) is 0 Å². The molecule has 0 aromatic carbocycles. The lowest BCUT2D eigenvalue weighted by molar-refractivity contribution is 0.241. The molecule has 0 radical (unpaired) electrons. The number of hydrogen-bond donors (Lipinski definition) is 0. The van der Waals surface area contributed by atoms with Crippen molar-refractivity contribution in [3.63, 3.8) is 0 Å². The Kier molecular flexibility index (Phi) is 2.71. The highest BCUT2D eigenvalue weighted by atomic mass is 16.5. The van der Waals surface area contributed by atoms with E-state index in [1.54, 1.807) is 0 Å². The lowest BCUT2D eigenvalue weighted by atomic mass is 10.3. The van der Waals surface area contributed by atoms with Crippen LogP contribution in [0.25, 0.3) is 0 Å². The maximum Gasteiger partial charge on any atom is 0.116 e. The van der Waals surface area contributed by atoms with Gasteiger partial charge in [0.2, 0.25) is 0 Å². The molecule has 0 spiro atoms. The van der Waals surface area contributed by atoms with E-state index in [4.69, 9.17) is 4.74 Å². The Bertz CT molecular complexity index is 182. The normalized spacial score (nSPS) is 22.5. The quantitative estimate of drug-likeness (QED) is 0.607. The van der Waals surface area contributed by atoms with Gasteiger partial charge in [-0.15, -0.1) is 0 Å². The minimum atomic E-state index is 0.413. The largest absolute Gasteiger partial charge is 0.494 e. The Labute approximate surface area is 68.1 Å². The third-order valence-electron chi connectivity index (χ3n) is 1.70. The first-order chi connectivity index (χ1) is 5.24. The van der Waals surface area contributed by atoms with Crippen molar-refractivity contribution in [2.24, 2.45) is 0 Å². The van der Waals surface area contributed by atoms with Crippen LogP contribution in [0.5, 0.6) is 0 Å². The van der Waals surface area contributed by atoms with Gasteiger partial charge in [0, 0.05) is 6.04 Å². The minimum absolute atomic E-state index is 0.413. The zero-order valence-electron chi connectivity index (χ0n) is 7.37. The predicted octanol–water partition coefficient (Wildman–Crippen LogP) is 1.41. The summed E-state index contributed by atoms with van der Waals surface area (Å²) in [6.45, 7) is 2.74. The molecular weight excluding hydrogens is 138 g/mol. The van der Waals surface area contributed by atoms with Crippen LogP contribution in [-0.4, -0.2) is 31.6 Å². The van der Waals surface area contributed by atoms with Crippen molar-refractivity contribution in [2.45, 2.75) is 13.0 Å². The van der Waals surface area contributed by atoms with Gasteiger partial charge in [0.25, 0.3) is 0 Å². The molecule has 0 aromatic rings. The zero-order chi connectivity index (χ0) is 8.27. The summed E-state index contributed by atoms with van der Waals surface area (Å²) in [6.07, 6.45) is 6.27. The molecule has 0 bridgehead atoms. The summed E-state index contributed by atoms with van der Waals surface area (Å²) in [7, 11) is 4.11. The summed E-state index contributed by atoms with van der Waals surface area (Å²) in [5, 5.41) is 0. The second-order valence-corrected chi connectivity index (χ2v) is 2.82. The van der Waals surface area contributed by atoms with Gasteiger partial charge in [-0.2, -0.15) is 0 Å². The Morgan fingerprint density at radius 1 is 1.55 bits per heavy atom. The molecule has 0 fully saturated rings. The highest BCUT2D eigenvalue weighted by Gasteiger charge is 2.10. The Balaban J connectivity index is 2.49. The second-order valence-electron chi connectivity index (χ2n) is 2.82. The first-order valence-electron chi connectivity index (χ1n) is 3.93. The van der Waals surface area contributed by atoms with Gasteiger partial charge in [-0.3, -0.25) is 4.90 Å². The van der Waals surface area contributed by atoms with Gasteiger partial charge < -0.3 is 4.74 Å². The summed E-state index contributed by atoms with van der Waals surface area (Å²) < 4.78 is 5.33. The maximum absolute atomic E-state index is 5.33. The summed E-state index contributed by atoms with van der Waals surface area (Å²) in [4.78, 5) is 2.14. The van der Waals surface area contributed by atoms with Crippen LogP contribution >= 0.6 is 0 Å². The summed E-state index contributed by atoms with van der Waals surface area (Å²) in [5.74, 6) is 0.992. The number of rotatable bonds is 3. The fourth-order valence-corrected chi connectivity index (χ4v) is 1.06. The van der Waals surface area contributed by atoms with Crippen LogP contribution in [0.15, 0.2) is 24.0 Å². The van der Waals surface area contributed by atoms with Crippen molar-refractivity contribution >= 4 is 0 Å². The Morgan fingerprint density at radius 3 is 2.73 bits per heavy atom. The monoisotopic (exact) mass is 153 g/mol. The van der Waals surface area contributed by atoms with E-state index in [1.165, 1.54) is 0 Å². The number of nitrogens with zero attached hydrogens (tertiary/aromatic N) is 1. The van der Waals surface area contributed by atoms with Gasteiger partial charge >= 0.3 is 0 Å². The molecule has 0 heterocycles. The van der Waals surface area contributed by atoms with Crippen LogP contribution in [0.3, 0.4) is 0 Å². The second kappa shape index (κ2) is 3.58. The number of ether oxygens (including phenoxy) is 1. The van der Waals surface area contributed by atoms with Crippen LogP contribution < -0.4 is 0 Å². The standard InChI is InChI=1S/C9H15NO/c1-4-11-9-6-5-8(7-9)10(2)3/h5-8H,4H2,1-3H3. The molecule has 0 aliphatic heterocycles. The van der Waals surface area contributed by atoms with Crippen LogP contribution in [0.1, 0.15) is 6.92 Å². The molecule has 0 saturated carbocycles. The van der Waals surface area contributed by atoms with Gasteiger partial charge in [-0.25, -0.2) is 0 Å². The van der Waals surface area contributed by atoms with Crippen molar-refractivity contribution in [3.8, 4) is 0 Å². The molecule has 1 unspecified atom stereocenters. The van der Waals surface area contributed by atoms with Gasteiger partial charge in [0.1, 0.15) is 5.76 Å². The molecule has 1 aliphatic carbocycles. The van der Waals surface area contributed by atoms with E-state index in [0.717, 1.165) is 12.4 Å². The average molecular weight is 153 g/mol. The molecule has 2 heteroatoms. The molecular formula is C9H15NO. The van der Waals surface area contributed by atoms with Crippen molar-refractivity contribution < 1.29 is 4.74 Å². The predicted molar refractivity (Wildman–Crippen MR) is 46.3 cm³/mol. The van der Waals surface area contributed by atoms with Gasteiger partial charge in [-0.05, 0) is 33.2 Å². The fourth-order valence-electron chi connectivity index (χ4n) is 1.06. The van der Waals surface area contributed by atoms with Crippen LogP contribution in [0.2, 0.25) is 0 Å². The van der Waals surface area contributed by atoms with Crippen molar-refractivity contribution in [2.75, 3.05) is 20.7 Å². The van der Waals surface area contributed by atoms with Crippen LogP contribution in [0.4, 0.5) is 0 Å². The topological polar surface area (TPSA) is 12.5 Å². The molecule has 0 N–H and O–H groups in total. The van der Waals surface area contributed by atoms with E-state index in [0.29, 0.717) is 6.04 Å².